The number of methoxy groups -OCH3 is 1. The molecule has 0 atom stereocenters. The first-order chi connectivity index (χ1) is 13.1. The molecule has 0 fully saturated rings. The average molecular weight is 365 g/mol. The maximum absolute atomic E-state index is 12.0. The van der Waals surface area contributed by atoms with Crippen molar-refractivity contribution in [3.8, 4) is 11.5 Å². The lowest BCUT2D eigenvalue weighted by molar-refractivity contribution is -0.118. The molecule has 2 amide bonds. The van der Waals surface area contributed by atoms with Gasteiger partial charge in [-0.1, -0.05) is 24.3 Å². The van der Waals surface area contributed by atoms with Crippen molar-refractivity contribution in [3.05, 3.63) is 59.7 Å². The number of hydrogen-bond donors (Lipinski definition) is 2. The van der Waals surface area contributed by atoms with E-state index >= 15 is 0 Å². The van der Waals surface area contributed by atoms with Crippen LogP contribution < -0.4 is 20.2 Å². The van der Waals surface area contributed by atoms with Crippen LogP contribution in [0.25, 0.3) is 6.08 Å². The molecular formula is C20H19N3O4. The molecule has 1 aliphatic rings. The number of benzene rings is 2. The molecule has 1 aliphatic heterocycles. The first-order valence-corrected chi connectivity index (χ1v) is 8.29. The quantitative estimate of drug-likeness (QED) is 0.770. The molecule has 3 rings (SSSR count). The van der Waals surface area contributed by atoms with Gasteiger partial charge >= 0.3 is 0 Å². The summed E-state index contributed by atoms with van der Waals surface area (Å²) in [5, 5.41) is 6.63. The smallest absolute Gasteiger partial charge is 0.273 e. The molecule has 0 saturated heterocycles. The third-order valence-corrected chi connectivity index (χ3v) is 3.87. The fraction of sp³-hybridized carbons (Fsp3) is 0.150. The summed E-state index contributed by atoms with van der Waals surface area (Å²) in [5.41, 5.74) is 4.99. The highest BCUT2D eigenvalue weighted by molar-refractivity contribution is 6.26. The number of rotatable bonds is 6. The summed E-state index contributed by atoms with van der Waals surface area (Å²) in [6.45, 7) is 1.60. The van der Waals surface area contributed by atoms with E-state index in [1.165, 1.54) is 7.11 Å². The van der Waals surface area contributed by atoms with Gasteiger partial charge in [0.25, 0.3) is 11.8 Å². The van der Waals surface area contributed by atoms with Crippen LogP contribution in [0.4, 0.5) is 5.69 Å². The molecule has 1 heterocycles. The van der Waals surface area contributed by atoms with Gasteiger partial charge in [-0.2, -0.15) is 5.10 Å². The second-order valence-corrected chi connectivity index (χ2v) is 5.81. The van der Waals surface area contributed by atoms with E-state index < -0.39 is 0 Å². The molecular weight excluding hydrogens is 346 g/mol. The standard InChI is InChI=1S/C20H19N3O4/c1-13-16(20(25)23-22-13)10-14-8-9-17(18(11-14)26-2)27-12-19(24)21-15-6-4-3-5-7-15/h3-11H,12H2,1-2H3,(H,21,24)(H,23,25). The van der Waals surface area contributed by atoms with E-state index in [0.29, 0.717) is 28.5 Å². The first-order valence-electron chi connectivity index (χ1n) is 8.29. The van der Waals surface area contributed by atoms with Crippen molar-refractivity contribution in [2.45, 2.75) is 6.92 Å². The maximum atomic E-state index is 12.0. The van der Waals surface area contributed by atoms with Crippen molar-refractivity contribution < 1.29 is 19.1 Å². The largest absolute Gasteiger partial charge is 0.493 e. The predicted molar refractivity (Wildman–Crippen MR) is 103 cm³/mol. The van der Waals surface area contributed by atoms with Gasteiger partial charge < -0.3 is 14.8 Å². The number of nitrogens with zero attached hydrogens (tertiary/aromatic N) is 1. The summed E-state index contributed by atoms with van der Waals surface area (Å²) >= 11 is 0. The van der Waals surface area contributed by atoms with Gasteiger partial charge in [-0.3, -0.25) is 9.59 Å². The zero-order chi connectivity index (χ0) is 19.2. The Kier molecular flexibility index (Phi) is 5.51. The second kappa shape index (κ2) is 8.18. The summed E-state index contributed by atoms with van der Waals surface area (Å²) in [6, 6.07) is 14.3. The van der Waals surface area contributed by atoms with Crippen LogP contribution in [0, 0.1) is 0 Å². The molecule has 0 bridgehead atoms. The van der Waals surface area contributed by atoms with Gasteiger partial charge in [-0.15, -0.1) is 0 Å². The number of amides is 2. The van der Waals surface area contributed by atoms with Gasteiger partial charge in [0.05, 0.1) is 18.4 Å². The molecule has 0 unspecified atom stereocenters. The van der Waals surface area contributed by atoms with E-state index in [4.69, 9.17) is 9.47 Å². The Morgan fingerprint density at radius 2 is 1.96 bits per heavy atom. The topological polar surface area (TPSA) is 89.0 Å². The molecule has 0 spiro atoms. The normalized spacial score (nSPS) is 14.5. The highest BCUT2D eigenvalue weighted by Gasteiger charge is 2.19. The van der Waals surface area contributed by atoms with Crippen LogP contribution in [0.15, 0.2) is 59.2 Å². The zero-order valence-electron chi connectivity index (χ0n) is 15.0. The van der Waals surface area contributed by atoms with Gasteiger partial charge in [-0.25, -0.2) is 5.43 Å². The molecule has 27 heavy (non-hydrogen) atoms. The SMILES string of the molecule is COc1cc(C=C2C(=O)NN=C2C)ccc1OCC(=O)Nc1ccccc1. The van der Waals surface area contributed by atoms with Gasteiger partial charge in [-0.05, 0) is 42.8 Å². The number of hydrazone groups is 1. The number of hydrogen-bond acceptors (Lipinski definition) is 5. The Bertz CT molecular complexity index is 920. The lowest BCUT2D eigenvalue weighted by Crippen LogP contribution is -2.20. The minimum Gasteiger partial charge on any atom is -0.493 e. The Hall–Kier alpha value is -3.61. The average Bonchev–Trinajstić information content (AvgIpc) is 2.99. The van der Waals surface area contributed by atoms with Crippen molar-refractivity contribution in [1.82, 2.24) is 5.43 Å². The second-order valence-electron chi connectivity index (χ2n) is 5.81. The van der Waals surface area contributed by atoms with Crippen LogP contribution in [0.1, 0.15) is 12.5 Å². The molecule has 7 nitrogen and oxygen atoms in total. The summed E-state index contributed by atoms with van der Waals surface area (Å²) in [5.74, 6) is 0.377. The van der Waals surface area contributed by atoms with Crippen molar-refractivity contribution >= 4 is 29.3 Å². The number of anilines is 1. The third kappa shape index (κ3) is 4.52. The predicted octanol–water partition coefficient (Wildman–Crippen LogP) is 2.60. The highest BCUT2D eigenvalue weighted by atomic mass is 16.5. The third-order valence-electron chi connectivity index (χ3n) is 3.87. The number of nitrogens with one attached hydrogen (secondary N) is 2. The minimum atomic E-state index is -0.274. The van der Waals surface area contributed by atoms with E-state index in [2.05, 4.69) is 15.8 Å². The van der Waals surface area contributed by atoms with E-state index in [9.17, 15) is 9.59 Å². The Morgan fingerprint density at radius 3 is 2.63 bits per heavy atom. The van der Waals surface area contributed by atoms with Gasteiger partial charge in [0.15, 0.2) is 18.1 Å². The maximum Gasteiger partial charge on any atom is 0.273 e. The highest BCUT2D eigenvalue weighted by Crippen LogP contribution is 2.29. The van der Waals surface area contributed by atoms with Gasteiger partial charge in [0, 0.05) is 5.69 Å². The number of carbonyl (C=O) groups excluding carboxylic acids is 2. The molecule has 2 aromatic rings. The lowest BCUT2D eigenvalue weighted by atomic mass is 10.1. The van der Waals surface area contributed by atoms with Crippen molar-refractivity contribution in [2.75, 3.05) is 19.0 Å². The molecule has 7 heteroatoms. The fourth-order valence-corrected chi connectivity index (χ4v) is 2.51. The summed E-state index contributed by atoms with van der Waals surface area (Å²) in [6.07, 6.45) is 1.72. The molecule has 0 aromatic heterocycles. The first kappa shape index (κ1) is 18.2. The molecule has 2 N–H and O–H groups in total. The fourth-order valence-electron chi connectivity index (χ4n) is 2.51. The van der Waals surface area contributed by atoms with Crippen LogP contribution in [0.3, 0.4) is 0 Å². The Balaban J connectivity index is 1.68. The zero-order valence-corrected chi connectivity index (χ0v) is 15.0. The summed E-state index contributed by atoms with van der Waals surface area (Å²) in [4.78, 5) is 23.8. The van der Waals surface area contributed by atoms with Gasteiger partial charge in [0.2, 0.25) is 0 Å². The monoisotopic (exact) mass is 365 g/mol. The van der Waals surface area contributed by atoms with E-state index in [1.807, 2.05) is 18.2 Å². The molecule has 0 radical (unpaired) electrons. The Labute approximate surface area is 156 Å². The van der Waals surface area contributed by atoms with Crippen molar-refractivity contribution in [3.63, 3.8) is 0 Å². The number of carbonyl (C=O) groups is 2. The van der Waals surface area contributed by atoms with Crippen LogP contribution in [-0.2, 0) is 9.59 Å². The van der Waals surface area contributed by atoms with Gasteiger partial charge in [0.1, 0.15) is 0 Å². The van der Waals surface area contributed by atoms with E-state index in [0.717, 1.165) is 5.56 Å². The Morgan fingerprint density at radius 1 is 1.19 bits per heavy atom. The van der Waals surface area contributed by atoms with Crippen molar-refractivity contribution in [2.24, 2.45) is 5.10 Å². The van der Waals surface area contributed by atoms with Crippen LogP contribution >= 0.6 is 0 Å². The number of para-hydroxylation sites is 1. The minimum absolute atomic E-state index is 0.153. The van der Waals surface area contributed by atoms with E-state index in [1.54, 1.807) is 43.3 Å². The van der Waals surface area contributed by atoms with E-state index in [-0.39, 0.29) is 18.4 Å². The van der Waals surface area contributed by atoms with Crippen LogP contribution in [0.5, 0.6) is 11.5 Å². The molecule has 138 valence electrons. The van der Waals surface area contributed by atoms with Crippen molar-refractivity contribution in [1.29, 1.82) is 0 Å². The molecule has 2 aromatic carbocycles. The summed E-state index contributed by atoms with van der Waals surface area (Å²) in [7, 11) is 1.51. The van der Waals surface area contributed by atoms with Crippen LogP contribution in [0.2, 0.25) is 0 Å². The molecule has 0 saturated carbocycles. The van der Waals surface area contributed by atoms with Crippen LogP contribution in [-0.4, -0.2) is 31.2 Å². The number of ether oxygens (including phenoxy) is 2. The molecule has 0 aliphatic carbocycles. The lowest BCUT2D eigenvalue weighted by Gasteiger charge is -2.11. The summed E-state index contributed by atoms with van der Waals surface area (Å²) < 4.78 is 10.9.